The Labute approximate surface area is 837 Å². The summed E-state index contributed by atoms with van der Waals surface area (Å²) in [5.41, 5.74) is 1.76. The first-order chi connectivity index (χ1) is 66.1. The number of aliphatic hydroxyl groups is 13. The molecule has 0 radical (unpaired) electrons. The first-order valence-electron chi connectivity index (χ1n) is 54.0. The molecule has 138 heavy (non-hydrogen) atoms. The molecule has 1 aliphatic heterocycles. The Morgan fingerprint density at radius 1 is 0.420 bits per heavy atom. The van der Waals surface area contributed by atoms with Crippen LogP contribution in [-0.2, 0) is 68.0 Å². The average Bonchev–Trinajstić information content (AvgIpc) is 1.52. The number of hydrogen-bond donors (Lipinski definition) is 13. The van der Waals surface area contributed by atoms with Crippen molar-refractivity contribution in [3.63, 3.8) is 0 Å². The number of aliphatic hydroxyl groups excluding tert-OH is 13. The summed E-state index contributed by atoms with van der Waals surface area (Å²) < 4.78 is 70.3. The number of benzene rings is 2. The molecule has 21 atom stereocenters. The predicted octanol–water partition coefficient (Wildman–Crippen LogP) is 18.4. The quantitative estimate of drug-likeness (QED) is 0.0170. The smallest absolute Gasteiger partial charge is 0.163 e. The van der Waals surface area contributed by atoms with E-state index in [9.17, 15) is 15.3 Å². The van der Waals surface area contributed by atoms with Gasteiger partial charge in [-0.2, -0.15) is 11.8 Å². The molecule has 28 heteroatoms. The number of ether oxygens (including phenoxy) is 14. The van der Waals surface area contributed by atoms with Crippen molar-refractivity contribution < 1.29 is 133 Å². The van der Waals surface area contributed by atoms with Gasteiger partial charge in [-0.1, -0.05) is 127 Å². The molecule has 16 saturated carbocycles. The van der Waals surface area contributed by atoms with Crippen LogP contribution in [0.15, 0.2) is 60.7 Å². The van der Waals surface area contributed by atoms with Gasteiger partial charge in [0.15, 0.2) is 69.2 Å². The van der Waals surface area contributed by atoms with E-state index in [1.807, 2.05) is 95.3 Å². The van der Waals surface area contributed by atoms with E-state index in [1.54, 1.807) is 86.9 Å². The Morgan fingerprint density at radius 3 is 1.32 bits per heavy atom. The predicted molar refractivity (Wildman–Crippen MR) is 541 cm³/mol. The summed E-state index contributed by atoms with van der Waals surface area (Å²) in [7, 11) is 1.43. The maximum Gasteiger partial charge on any atom is 0.163 e. The molecule has 1 saturated heterocycles. The highest BCUT2D eigenvalue weighted by atomic mass is 32.2. The Bertz CT molecular complexity index is 3070. The maximum atomic E-state index is 9.39. The second-order valence-corrected chi connectivity index (χ2v) is 43.6. The van der Waals surface area contributed by atoms with Crippen LogP contribution in [0.25, 0.3) is 0 Å². The molecule has 14 bridgehead atoms. The second kappa shape index (κ2) is 72.8. The zero-order valence-corrected chi connectivity index (χ0v) is 88.9. The van der Waals surface area contributed by atoms with E-state index >= 15 is 0 Å². The average molecular weight is 1990 g/mol. The number of fused-ring (bicyclic) bond motifs is 11. The van der Waals surface area contributed by atoms with Crippen LogP contribution in [0.1, 0.15) is 327 Å². The Kier molecular flexibility index (Phi) is 66.5. The first-order valence-corrected chi connectivity index (χ1v) is 55.2. The summed E-state index contributed by atoms with van der Waals surface area (Å²) in [6.45, 7) is 31.3. The van der Waals surface area contributed by atoms with Crippen LogP contribution < -0.4 is 4.74 Å². The van der Waals surface area contributed by atoms with Crippen molar-refractivity contribution in [1.29, 1.82) is 0 Å². The molecule has 16 aliphatic carbocycles. The lowest BCUT2D eigenvalue weighted by Gasteiger charge is -2.56. The fraction of sp³-hybridized carbons (Fsp3) is 0.891. The molecule has 17 aliphatic rings. The van der Waals surface area contributed by atoms with Crippen LogP contribution in [0.4, 0.5) is 0 Å². The van der Waals surface area contributed by atoms with E-state index in [-0.39, 0.29) is 19.2 Å². The third-order valence-corrected chi connectivity index (χ3v) is 30.8. The van der Waals surface area contributed by atoms with Gasteiger partial charge in [-0.3, -0.25) is 0 Å². The SMILES string of the molecule is CC(C)COC(C)O.CC(O)OC12CC3CC(CC(C3)C1)C2.CC(O)OC1CCCCC1.CC(O)OCC12CC3CC(CC(C3)C1)C2.CC(O)OCCC1CC2CC1C1C3CCC(C3)C21.CC(O)OCCC1CC2CCC1C2.CC(O)OCCC1CCCCC1.CC(O)OCCOc1ccccc1.CC(O)OCCc1ccccc1.CCOC(O)CC.CCOCO.COCO.OC1CSCCO1. The standard InChI is InChI=1S/C16H26O2.C13H22O2.C12H20O2.C11H20O2.C10H14O3.C10H20O2.C10H14O2.C8H16O2.C6H14O2.C5H12O2.C4H8O2S.C3H8O2.C2H6O2/c1-9(17)18-5-4-10-6-13-8-14(10)16-12-3-2-11(7-12)15(13)16;1-9(14)15-8-13-5-10-2-11(6-13)4-12(3-10)7-13;1-8(13)14-12-5-9-2-10(6-12)4-11(3-9)7-12;1-8(12)13-5-4-11-7-9-2-3-10(11)6-9;1-9(11)12-7-8-13-10-5-3-2-4-6-10;2*1-9(11)12-8-7-10-5-3-2-4-6-10;1-7(9)10-8-5-3-2-4-6-8;1-5(2)4-8-6(3)7;1-3-5(6)7-4-2;5-4-3-7-2-1-6-4;1-2-5-3-4;1-4-2-3/h9-17H,2-8H2,1H3;9-12,14H,2-8H2,1H3;8-11,13H,2-7H2,1H3;8-12H,2-7H2,1H3;2-6,9,11H,7-8H2,1H3;9-11H,2-8H2,1H3;2-6,9,11H,7-8H2,1H3;7-9H,2-6H2,1H3;5-7H,4H2,1-3H3;5-6H,3-4H2,1-2H3;4-5H,1-3H2;4H,2-3H2,1H3;3H,2H2,1H3. The molecule has 13 N–H and O–H groups in total. The van der Waals surface area contributed by atoms with Gasteiger partial charge in [0.25, 0.3) is 0 Å². The summed E-state index contributed by atoms with van der Waals surface area (Å²) in [6, 6.07) is 19.6. The maximum absolute atomic E-state index is 9.39. The minimum atomic E-state index is -0.723. The first kappa shape index (κ1) is 126. The molecule has 2 aromatic carbocycles. The van der Waals surface area contributed by atoms with Crippen molar-refractivity contribution in [1.82, 2.24) is 0 Å². The summed E-state index contributed by atoms with van der Waals surface area (Å²) in [5, 5.41) is 113. The lowest BCUT2D eigenvalue weighted by molar-refractivity contribution is -0.233. The van der Waals surface area contributed by atoms with Crippen molar-refractivity contribution in [2.45, 2.75) is 409 Å². The lowest BCUT2D eigenvalue weighted by Crippen LogP contribution is -2.53. The number of hydrogen-bond acceptors (Lipinski definition) is 28. The van der Waals surface area contributed by atoms with Gasteiger partial charge < -0.3 is 133 Å². The van der Waals surface area contributed by atoms with Gasteiger partial charge in [0, 0.05) is 51.6 Å². The lowest BCUT2D eigenvalue weighted by atomic mass is 9.50. The number of methoxy groups -OCH3 is 1. The van der Waals surface area contributed by atoms with Crippen LogP contribution in [0.3, 0.4) is 0 Å². The van der Waals surface area contributed by atoms with Crippen molar-refractivity contribution >= 4 is 11.8 Å². The minimum Gasteiger partial charge on any atom is -0.491 e. The molecule has 21 unspecified atom stereocenters. The summed E-state index contributed by atoms with van der Waals surface area (Å²) >= 11 is 1.73. The van der Waals surface area contributed by atoms with E-state index in [0.29, 0.717) is 70.1 Å². The fourth-order valence-electron chi connectivity index (χ4n) is 25.3. The fourth-order valence-corrected chi connectivity index (χ4v) is 26.0. The zero-order valence-electron chi connectivity index (χ0n) is 88.1. The Balaban J connectivity index is 0.000000268. The summed E-state index contributed by atoms with van der Waals surface area (Å²) in [4.78, 5) is 0. The van der Waals surface area contributed by atoms with Gasteiger partial charge in [-0.05, 0) is 379 Å². The molecule has 0 spiro atoms. The zero-order chi connectivity index (χ0) is 101. The third kappa shape index (κ3) is 53.9. The second-order valence-electron chi connectivity index (χ2n) is 42.4. The van der Waals surface area contributed by atoms with Gasteiger partial charge >= 0.3 is 0 Å². The van der Waals surface area contributed by atoms with Crippen LogP contribution in [0, 0.1) is 112 Å². The van der Waals surface area contributed by atoms with Crippen molar-refractivity contribution in [3.05, 3.63) is 66.2 Å². The van der Waals surface area contributed by atoms with Crippen molar-refractivity contribution in [2.75, 3.05) is 105 Å². The van der Waals surface area contributed by atoms with Gasteiger partial charge in [-0.25, -0.2) is 0 Å². The highest BCUT2D eigenvalue weighted by molar-refractivity contribution is 7.99. The Morgan fingerprint density at radius 2 is 0.906 bits per heavy atom. The molecule has 808 valence electrons. The molecule has 27 nitrogen and oxygen atoms in total. The van der Waals surface area contributed by atoms with Crippen LogP contribution in [-0.4, -0.2) is 252 Å². The van der Waals surface area contributed by atoms with Crippen molar-refractivity contribution in [3.8, 4) is 5.75 Å². The minimum absolute atomic E-state index is 0.0723. The van der Waals surface area contributed by atoms with Crippen LogP contribution in [0.2, 0.25) is 0 Å². The molecule has 2 aromatic rings. The van der Waals surface area contributed by atoms with Crippen LogP contribution >= 0.6 is 11.8 Å². The molecular weight excluding hydrogens is 1790 g/mol. The third-order valence-electron chi connectivity index (χ3n) is 29.9. The van der Waals surface area contributed by atoms with E-state index in [2.05, 4.69) is 9.47 Å². The molecule has 1 heterocycles. The number of para-hydroxylation sites is 1. The molecule has 17 fully saturated rings. The van der Waals surface area contributed by atoms with Gasteiger partial charge in [0.05, 0.1) is 44.7 Å². The Hall–Kier alpha value is -2.45. The van der Waals surface area contributed by atoms with Gasteiger partial charge in [0.2, 0.25) is 0 Å². The highest BCUT2D eigenvalue weighted by Crippen LogP contribution is 2.69. The highest BCUT2D eigenvalue weighted by Gasteiger charge is 2.62. The normalized spacial score (nSPS) is 31.3. The largest absolute Gasteiger partial charge is 0.491 e. The van der Waals surface area contributed by atoms with E-state index in [0.717, 1.165) is 176 Å². The van der Waals surface area contributed by atoms with E-state index < -0.39 is 69.2 Å². The number of rotatable bonds is 37. The van der Waals surface area contributed by atoms with Gasteiger partial charge in [0.1, 0.15) is 25.9 Å². The molecular formula is C110H200O27S. The monoisotopic (exact) mass is 1990 g/mol. The molecule has 19 rings (SSSR count). The molecule has 0 amide bonds. The van der Waals surface area contributed by atoms with E-state index in [4.69, 9.17) is 108 Å². The number of thioether (sulfide) groups is 1. The van der Waals surface area contributed by atoms with Crippen LogP contribution in [0.5, 0.6) is 5.75 Å². The van der Waals surface area contributed by atoms with E-state index in [1.165, 1.54) is 192 Å². The van der Waals surface area contributed by atoms with Gasteiger partial charge in [-0.15, -0.1) is 0 Å². The summed E-state index contributed by atoms with van der Waals surface area (Å²) in [6.07, 6.45) is 41.8. The topological polar surface area (TPSA) is 392 Å². The van der Waals surface area contributed by atoms with Crippen molar-refractivity contribution in [2.24, 2.45) is 112 Å². The molecule has 0 aromatic heterocycles. The summed E-state index contributed by atoms with van der Waals surface area (Å²) in [5.74, 6) is 19.9.